The van der Waals surface area contributed by atoms with E-state index in [9.17, 15) is 14.0 Å². The number of thiophene rings is 1. The van der Waals surface area contributed by atoms with E-state index in [1.165, 1.54) is 34.5 Å². The van der Waals surface area contributed by atoms with Gasteiger partial charge in [-0.25, -0.2) is 14.1 Å². The number of nitrogens with zero attached hydrogens (tertiary/aromatic N) is 2. The Hall–Kier alpha value is -3.32. The lowest BCUT2D eigenvalue weighted by Crippen LogP contribution is -2.34. The Bertz CT molecular complexity index is 1310. The molecule has 0 aliphatic heterocycles. The van der Waals surface area contributed by atoms with Gasteiger partial charge < -0.3 is 0 Å². The summed E-state index contributed by atoms with van der Waals surface area (Å²) in [5.74, 6) is -0.732. The zero-order valence-electron chi connectivity index (χ0n) is 16.1. The fourth-order valence-corrected chi connectivity index (χ4v) is 4.90. The Morgan fingerprint density at radius 3 is 2.63 bits per heavy atom. The monoisotopic (exact) mass is 419 g/mol. The number of hydrogen-bond acceptors (Lipinski definition) is 4. The SMILES string of the molecule is Cc1sc2ncn(NC(=O)C3CC3c3ccc(F)cc3)c(=O)c2c1-c1ccccc1. The molecule has 1 aliphatic carbocycles. The van der Waals surface area contributed by atoms with E-state index in [-0.39, 0.29) is 29.1 Å². The maximum atomic E-state index is 13.2. The molecule has 2 heterocycles. The molecule has 4 aromatic rings. The minimum Gasteiger partial charge on any atom is -0.273 e. The van der Waals surface area contributed by atoms with Crippen molar-refractivity contribution in [1.82, 2.24) is 9.66 Å². The molecular formula is C23H18FN3O2S. The molecule has 1 fully saturated rings. The molecule has 1 aliphatic rings. The van der Waals surface area contributed by atoms with Gasteiger partial charge in [0, 0.05) is 16.4 Å². The Morgan fingerprint density at radius 2 is 1.90 bits per heavy atom. The second kappa shape index (κ2) is 7.18. The van der Waals surface area contributed by atoms with Crippen molar-refractivity contribution in [2.75, 3.05) is 5.43 Å². The zero-order chi connectivity index (χ0) is 20.8. The molecule has 30 heavy (non-hydrogen) atoms. The van der Waals surface area contributed by atoms with Gasteiger partial charge in [0.15, 0.2) is 0 Å². The van der Waals surface area contributed by atoms with E-state index in [4.69, 9.17) is 0 Å². The highest BCUT2D eigenvalue weighted by atomic mass is 32.1. The summed E-state index contributed by atoms with van der Waals surface area (Å²) in [5, 5.41) is 0.511. The summed E-state index contributed by atoms with van der Waals surface area (Å²) in [4.78, 5) is 31.9. The molecule has 1 amide bonds. The average Bonchev–Trinajstić information content (AvgIpc) is 3.47. The second-order valence-corrected chi connectivity index (χ2v) is 8.68. The Labute approximate surface area is 175 Å². The summed E-state index contributed by atoms with van der Waals surface area (Å²) in [5.41, 5.74) is 5.13. The van der Waals surface area contributed by atoms with Gasteiger partial charge in [-0.05, 0) is 42.5 Å². The summed E-state index contributed by atoms with van der Waals surface area (Å²) in [6.07, 6.45) is 2.04. The van der Waals surface area contributed by atoms with Crippen molar-refractivity contribution in [2.24, 2.45) is 5.92 Å². The van der Waals surface area contributed by atoms with E-state index in [0.717, 1.165) is 21.6 Å². The van der Waals surface area contributed by atoms with E-state index in [1.807, 2.05) is 37.3 Å². The number of nitrogens with one attached hydrogen (secondary N) is 1. The first-order valence-corrected chi connectivity index (χ1v) is 10.5. The molecule has 5 rings (SSSR count). The molecular weight excluding hydrogens is 401 g/mol. The lowest BCUT2D eigenvalue weighted by atomic mass is 10.0. The fraction of sp³-hybridized carbons (Fsp3) is 0.174. The van der Waals surface area contributed by atoms with E-state index < -0.39 is 0 Å². The van der Waals surface area contributed by atoms with Crippen molar-refractivity contribution in [1.29, 1.82) is 0 Å². The summed E-state index contributed by atoms with van der Waals surface area (Å²) < 4.78 is 14.3. The van der Waals surface area contributed by atoms with Crippen molar-refractivity contribution in [3.63, 3.8) is 0 Å². The van der Waals surface area contributed by atoms with Gasteiger partial charge in [-0.3, -0.25) is 15.0 Å². The maximum absolute atomic E-state index is 13.2. The summed E-state index contributed by atoms with van der Waals surface area (Å²) in [6.45, 7) is 1.97. The van der Waals surface area contributed by atoms with Crippen LogP contribution < -0.4 is 11.0 Å². The van der Waals surface area contributed by atoms with Gasteiger partial charge in [0.1, 0.15) is 17.0 Å². The smallest absolute Gasteiger partial charge is 0.273 e. The summed E-state index contributed by atoms with van der Waals surface area (Å²) in [7, 11) is 0. The molecule has 2 aromatic carbocycles. The van der Waals surface area contributed by atoms with Crippen molar-refractivity contribution >= 4 is 27.5 Å². The van der Waals surface area contributed by atoms with Crippen molar-refractivity contribution in [3.8, 4) is 11.1 Å². The van der Waals surface area contributed by atoms with Gasteiger partial charge in [-0.15, -0.1) is 11.3 Å². The maximum Gasteiger partial charge on any atom is 0.281 e. The molecule has 0 saturated heterocycles. The van der Waals surface area contributed by atoms with Gasteiger partial charge in [0.2, 0.25) is 5.91 Å². The highest BCUT2D eigenvalue weighted by molar-refractivity contribution is 7.19. The van der Waals surface area contributed by atoms with Crippen LogP contribution in [0.1, 0.15) is 22.8 Å². The van der Waals surface area contributed by atoms with Gasteiger partial charge in [0.25, 0.3) is 5.56 Å². The number of rotatable bonds is 4. The number of benzene rings is 2. The first-order chi connectivity index (χ1) is 14.5. The molecule has 2 atom stereocenters. The normalized spacial score (nSPS) is 17.8. The number of aromatic nitrogens is 2. The lowest BCUT2D eigenvalue weighted by Gasteiger charge is -2.08. The van der Waals surface area contributed by atoms with Crippen LogP contribution in [0.25, 0.3) is 21.3 Å². The van der Waals surface area contributed by atoms with Gasteiger partial charge in [-0.2, -0.15) is 0 Å². The fourth-order valence-electron chi connectivity index (χ4n) is 3.90. The van der Waals surface area contributed by atoms with Crippen LogP contribution >= 0.6 is 11.3 Å². The molecule has 2 unspecified atom stereocenters. The quantitative estimate of drug-likeness (QED) is 0.532. The predicted molar refractivity (Wildman–Crippen MR) is 116 cm³/mol. The molecule has 2 aromatic heterocycles. The third kappa shape index (κ3) is 3.21. The van der Waals surface area contributed by atoms with Crippen LogP contribution in [-0.4, -0.2) is 15.6 Å². The van der Waals surface area contributed by atoms with E-state index in [1.54, 1.807) is 12.1 Å². The standard InChI is InChI=1S/C23H18FN3O2S/c1-13-19(15-5-3-2-4-6-15)20-22(30-13)25-12-27(23(20)29)26-21(28)18-11-17(18)14-7-9-16(24)10-8-14/h2-10,12,17-18H,11H2,1H3,(H,26,28). The number of fused-ring (bicyclic) bond motifs is 1. The molecule has 0 radical (unpaired) electrons. The molecule has 5 nitrogen and oxygen atoms in total. The summed E-state index contributed by atoms with van der Waals surface area (Å²) >= 11 is 1.47. The van der Waals surface area contributed by atoms with Crippen LogP contribution in [0, 0.1) is 18.7 Å². The highest BCUT2D eigenvalue weighted by Crippen LogP contribution is 2.47. The number of amides is 1. The minimum absolute atomic E-state index is 0.0428. The molecule has 1 saturated carbocycles. The number of carbonyl (C=O) groups is 1. The van der Waals surface area contributed by atoms with E-state index in [0.29, 0.717) is 16.6 Å². The summed E-state index contributed by atoms with van der Waals surface area (Å²) in [6, 6.07) is 15.9. The van der Waals surface area contributed by atoms with Crippen LogP contribution in [0.5, 0.6) is 0 Å². The van der Waals surface area contributed by atoms with Gasteiger partial charge in [-0.1, -0.05) is 42.5 Å². The third-order valence-corrected chi connectivity index (χ3v) is 6.52. The molecule has 0 spiro atoms. The van der Waals surface area contributed by atoms with Crippen LogP contribution in [0.3, 0.4) is 0 Å². The predicted octanol–water partition coefficient (Wildman–Crippen LogP) is 4.45. The van der Waals surface area contributed by atoms with Crippen LogP contribution in [0.4, 0.5) is 4.39 Å². The van der Waals surface area contributed by atoms with Crippen LogP contribution in [-0.2, 0) is 4.79 Å². The number of halogens is 1. The van der Waals surface area contributed by atoms with Crippen molar-refractivity contribution in [2.45, 2.75) is 19.3 Å². The first-order valence-electron chi connectivity index (χ1n) is 9.65. The number of hydrogen-bond donors (Lipinski definition) is 1. The molecule has 7 heteroatoms. The van der Waals surface area contributed by atoms with Gasteiger partial charge in [0.05, 0.1) is 5.39 Å². The van der Waals surface area contributed by atoms with E-state index >= 15 is 0 Å². The third-order valence-electron chi connectivity index (χ3n) is 5.51. The second-order valence-electron chi connectivity index (χ2n) is 7.48. The largest absolute Gasteiger partial charge is 0.281 e. The number of aryl methyl sites for hydroxylation is 1. The lowest BCUT2D eigenvalue weighted by molar-refractivity contribution is -0.118. The van der Waals surface area contributed by atoms with Crippen LogP contribution in [0.2, 0.25) is 0 Å². The molecule has 1 N–H and O–H groups in total. The average molecular weight is 419 g/mol. The molecule has 150 valence electrons. The Balaban J connectivity index is 1.44. The first kappa shape index (κ1) is 18.7. The Kier molecular flexibility index (Phi) is 4.47. The minimum atomic E-state index is -0.299. The number of carbonyl (C=O) groups excluding carboxylic acids is 1. The van der Waals surface area contributed by atoms with E-state index in [2.05, 4.69) is 10.4 Å². The Morgan fingerprint density at radius 1 is 1.17 bits per heavy atom. The molecule has 0 bridgehead atoms. The van der Waals surface area contributed by atoms with Crippen molar-refractivity contribution in [3.05, 3.63) is 87.5 Å². The van der Waals surface area contributed by atoms with Gasteiger partial charge >= 0.3 is 0 Å². The topological polar surface area (TPSA) is 64.0 Å². The zero-order valence-corrected chi connectivity index (χ0v) is 16.9. The highest BCUT2D eigenvalue weighted by Gasteiger charge is 2.44. The van der Waals surface area contributed by atoms with Crippen LogP contribution in [0.15, 0.2) is 65.7 Å². The van der Waals surface area contributed by atoms with Crippen molar-refractivity contribution < 1.29 is 9.18 Å².